The second-order valence-corrected chi connectivity index (χ2v) is 6.26. The van der Waals surface area contributed by atoms with Gasteiger partial charge in [-0.3, -0.25) is 10.1 Å². The zero-order chi connectivity index (χ0) is 16.0. The van der Waals surface area contributed by atoms with Crippen LogP contribution < -0.4 is 10.1 Å². The smallest absolute Gasteiger partial charge is 0.270 e. The molecule has 0 bridgehead atoms. The van der Waals surface area contributed by atoms with E-state index in [1.165, 1.54) is 6.07 Å². The maximum atomic E-state index is 10.8. The SMILES string of the molecule is COc1ccc([N+](=O)[O-])cc1CNCC(C)(C)CN(C)C. The van der Waals surface area contributed by atoms with Crippen molar-refractivity contribution in [1.29, 1.82) is 0 Å². The lowest BCUT2D eigenvalue weighted by Crippen LogP contribution is -2.37. The third kappa shape index (κ3) is 5.69. The summed E-state index contributed by atoms with van der Waals surface area (Å²) in [7, 11) is 5.66. The van der Waals surface area contributed by atoms with Gasteiger partial charge in [-0.2, -0.15) is 0 Å². The molecule has 0 radical (unpaired) electrons. The van der Waals surface area contributed by atoms with Crippen LogP contribution in [-0.4, -0.2) is 44.1 Å². The molecule has 0 atom stereocenters. The summed E-state index contributed by atoms with van der Waals surface area (Å²) in [6.07, 6.45) is 0. The van der Waals surface area contributed by atoms with Gasteiger partial charge in [-0.25, -0.2) is 0 Å². The topological polar surface area (TPSA) is 67.6 Å². The van der Waals surface area contributed by atoms with Crippen molar-refractivity contribution in [3.63, 3.8) is 0 Å². The zero-order valence-electron chi connectivity index (χ0n) is 13.5. The third-order valence-corrected chi connectivity index (χ3v) is 3.14. The number of ether oxygens (including phenoxy) is 1. The first-order valence-corrected chi connectivity index (χ1v) is 6.92. The van der Waals surface area contributed by atoms with E-state index < -0.39 is 0 Å². The Balaban J connectivity index is 2.70. The van der Waals surface area contributed by atoms with Crippen LogP contribution in [0.2, 0.25) is 0 Å². The van der Waals surface area contributed by atoms with Gasteiger partial charge in [-0.15, -0.1) is 0 Å². The molecule has 1 rings (SSSR count). The summed E-state index contributed by atoms with van der Waals surface area (Å²) in [5.41, 5.74) is 1.00. The van der Waals surface area contributed by atoms with Crippen LogP contribution in [0.15, 0.2) is 18.2 Å². The lowest BCUT2D eigenvalue weighted by Gasteiger charge is -2.28. The van der Waals surface area contributed by atoms with E-state index in [9.17, 15) is 10.1 Å². The molecule has 0 aliphatic carbocycles. The van der Waals surface area contributed by atoms with Crippen LogP contribution in [0.4, 0.5) is 5.69 Å². The number of hydrogen-bond donors (Lipinski definition) is 1. The van der Waals surface area contributed by atoms with Gasteiger partial charge in [0, 0.05) is 37.3 Å². The molecule has 0 saturated carbocycles. The predicted molar refractivity (Wildman–Crippen MR) is 83.7 cm³/mol. The molecule has 0 spiro atoms. The Kier molecular flexibility index (Phi) is 6.11. The standard InChI is InChI=1S/C15H25N3O3/c1-15(2,11-17(3)4)10-16-9-12-8-13(18(19)20)6-7-14(12)21-5/h6-8,16H,9-11H2,1-5H3. The molecule has 6 nitrogen and oxygen atoms in total. The normalized spacial score (nSPS) is 11.7. The highest BCUT2D eigenvalue weighted by Crippen LogP contribution is 2.24. The van der Waals surface area contributed by atoms with E-state index in [1.54, 1.807) is 19.2 Å². The van der Waals surface area contributed by atoms with Gasteiger partial charge >= 0.3 is 0 Å². The number of nitro benzene ring substituents is 1. The molecule has 0 aliphatic rings. The summed E-state index contributed by atoms with van der Waals surface area (Å²) in [6, 6.07) is 4.66. The molecule has 0 amide bonds. The van der Waals surface area contributed by atoms with E-state index in [2.05, 4.69) is 24.1 Å². The van der Waals surface area contributed by atoms with E-state index in [-0.39, 0.29) is 16.0 Å². The fourth-order valence-electron chi connectivity index (χ4n) is 2.46. The highest BCUT2D eigenvalue weighted by molar-refractivity contribution is 5.43. The van der Waals surface area contributed by atoms with Crippen molar-refractivity contribution in [3.8, 4) is 5.75 Å². The van der Waals surface area contributed by atoms with Crippen LogP contribution in [0.1, 0.15) is 19.4 Å². The van der Waals surface area contributed by atoms with E-state index >= 15 is 0 Å². The van der Waals surface area contributed by atoms with Crippen LogP contribution in [0.5, 0.6) is 5.75 Å². The van der Waals surface area contributed by atoms with Crippen molar-refractivity contribution in [2.45, 2.75) is 20.4 Å². The van der Waals surface area contributed by atoms with Gasteiger partial charge in [0.1, 0.15) is 5.75 Å². The largest absolute Gasteiger partial charge is 0.496 e. The summed E-state index contributed by atoms with van der Waals surface area (Å²) >= 11 is 0. The van der Waals surface area contributed by atoms with Gasteiger partial charge in [-0.05, 0) is 25.6 Å². The molecule has 0 heterocycles. The molecule has 118 valence electrons. The molecule has 1 aromatic carbocycles. The van der Waals surface area contributed by atoms with Crippen molar-refractivity contribution in [2.75, 3.05) is 34.3 Å². The number of hydrogen-bond acceptors (Lipinski definition) is 5. The second kappa shape index (κ2) is 7.38. The molecular weight excluding hydrogens is 270 g/mol. The number of benzene rings is 1. The molecule has 0 aromatic heterocycles. The monoisotopic (exact) mass is 295 g/mol. The highest BCUT2D eigenvalue weighted by atomic mass is 16.6. The highest BCUT2D eigenvalue weighted by Gasteiger charge is 2.19. The molecule has 6 heteroatoms. The lowest BCUT2D eigenvalue weighted by atomic mass is 9.93. The fraction of sp³-hybridized carbons (Fsp3) is 0.600. The van der Waals surface area contributed by atoms with Crippen molar-refractivity contribution >= 4 is 5.69 Å². The summed E-state index contributed by atoms with van der Waals surface area (Å²) in [6.45, 7) is 6.69. The van der Waals surface area contributed by atoms with Gasteiger partial charge in [0.25, 0.3) is 5.69 Å². The summed E-state index contributed by atoms with van der Waals surface area (Å²) in [5.74, 6) is 0.665. The Morgan fingerprint density at radius 1 is 1.38 bits per heavy atom. The Morgan fingerprint density at radius 2 is 2.05 bits per heavy atom. The van der Waals surface area contributed by atoms with Gasteiger partial charge in [-0.1, -0.05) is 13.8 Å². The number of non-ortho nitro benzene ring substituents is 1. The third-order valence-electron chi connectivity index (χ3n) is 3.14. The maximum Gasteiger partial charge on any atom is 0.270 e. The number of nitrogens with zero attached hydrogens (tertiary/aromatic N) is 2. The Morgan fingerprint density at radius 3 is 2.57 bits per heavy atom. The molecule has 0 saturated heterocycles. The van der Waals surface area contributed by atoms with Gasteiger partial charge in [0.15, 0.2) is 0 Å². The number of nitrogens with one attached hydrogen (secondary N) is 1. The van der Waals surface area contributed by atoms with Crippen molar-refractivity contribution < 1.29 is 9.66 Å². The zero-order valence-corrected chi connectivity index (χ0v) is 13.5. The molecule has 21 heavy (non-hydrogen) atoms. The minimum atomic E-state index is -0.390. The van der Waals surface area contributed by atoms with Crippen LogP contribution in [-0.2, 0) is 6.54 Å². The summed E-state index contributed by atoms with van der Waals surface area (Å²) < 4.78 is 5.26. The number of methoxy groups -OCH3 is 1. The first-order valence-electron chi connectivity index (χ1n) is 6.92. The Labute approximate surface area is 126 Å². The average Bonchev–Trinajstić information content (AvgIpc) is 2.36. The predicted octanol–water partition coefficient (Wildman–Crippen LogP) is 2.28. The molecule has 1 N–H and O–H groups in total. The number of rotatable bonds is 8. The van der Waals surface area contributed by atoms with Crippen LogP contribution in [0.3, 0.4) is 0 Å². The molecule has 1 aromatic rings. The Hall–Kier alpha value is -1.66. The lowest BCUT2D eigenvalue weighted by molar-refractivity contribution is -0.384. The quantitative estimate of drug-likeness (QED) is 0.588. The first kappa shape index (κ1) is 17.4. The van der Waals surface area contributed by atoms with Crippen molar-refractivity contribution in [3.05, 3.63) is 33.9 Å². The maximum absolute atomic E-state index is 10.8. The Bertz CT molecular complexity index is 487. The van der Waals surface area contributed by atoms with Gasteiger partial charge < -0.3 is 15.0 Å². The van der Waals surface area contributed by atoms with E-state index in [1.807, 2.05) is 14.1 Å². The van der Waals surface area contributed by atoms with E-state index in [0.717, 1.165) is 18.7 Å². The van der Waals surface area contributed by atoms with Crippen LogP contribution in [0, 0.1) is 15.5 Å². The average molecular weight is 295 g/mol. The van der Waals surface area contributed by atoms with Gasteiger partial charge in [0.2, 0.25) is 0 Å². The second-order valence-electron chi connectivity index (χ2n) is 6.26. The van der Waals surface area contributed by atoms with E-state index in [4.69, 9.17) is 4.74 Å². The summed E-state index contributed by atoms with van der Waals surface area (Å²) in [5, 5.41) is 14.2. The van der Waals surface area contributed by atoms with Crippen molar-refractivity contribution in [1.82, 2.24) is 10.2 Å². The van der Waals surface area contributed by atoms with Gasteiger partial charge in [0.05, 0.1) is 12.0 Å². The minimum absolute atomic E-state index is 0.0835. The van der Waals surface area contributed by atoms with Crippen LogP contribution in [0.25, 0.3) is 0 Å². The van der Waals surface area contributed by atoms with Crippen LogP contribution >= 0.6 is 0 Å². The van der Waals surface area contributed by atoms with Crippen molar-refractivity contribution in [2.24, 2.45) is 5.41 Å². The molecule has 0 aliphatic heterocycles. The molecule has 0 unspecified atom stereocenters. The fourth-order valence-corrected chi connectivity index (χ4v) is 2.46. The minimum Gasteiger partial charge on any atom is -0.496 e. The molecule has 0 fully saturated rings. The summed E-state index contributed by atoms with van der Waals surface area (Å²) in [4.78, 5) is 12.6. The first-order chi connectivity index (χ1) is 9.75. The van der Waals surface area contributed by atoms with E-state index in [0.29, 0.717) is 12.3 Å². The molecular formula is C15H25N3O3. The number of nitro groups is 1.